The molecule has 0 aliphatic carbocycles. The fourth-order valence-electron chi connectivity index (χ4n) is 4.33. The molecule has 1 aliphatic rings. The lowest BCUT2D eigenvalue weighted by atomic mass is 10.0. The zero-order valence-electron chi connectivity index (χ0n) is 19.2. The zero-order valence-corrected chi connectivity index (χ0v) is 20.0. The number of sulfone groups is 1. The molecule has 7 heteroatoms. The SMILES string of the molecule is CCCN(CC)CC1CCCN1C(=O)c1ccc(-c2ccc(S(=O)(=O)CC)cc2)cc1F. The molecule has 1 heterocycles. The lowest BCUT2D eigenvalue weighted by Crippen LogP contribution is -2.43. The Morgan fingerprint density at radius 3 is 2.38 bits per heavy atom. The van der Waals surface area contributed by atoms with Crippen LogP contribution in [0.1, 0.15) is 50.4 Å². The van der Waals surface area contributed by atoms with Gasteiger partial charge >= 0.3 is 0 Å². The molecule has 0 spiro atoms. The Morgan fingerprint density at radius 1 is 1.09 bits per heavy atom. The number of nitrogens with zero attached hydrogens (tertiary/aromatic N) is 2. The minimum Gasteiger partial charge on any atom is -0.334 e. The van der Waals surface area contributed by atoms with Crippen LogP contribution in [0.5, 0.6) is 0 Å². The van der Waals surface area contributed by atoms with Crippen molar-refractivity contribution >= 4 is 15.7 Å². The van der Waals surface area contributed by atoms with Gasteiger partial charge in [-0.05, 0) is 67.7 Å². The van der Waals surface area contributed by atoms with Crippen molar-refractivity contribution in [1.29, 1.82) is 0 Å². The van der Waals surface area contributed by atoms with E-state index in [4.69, 9.17) is 0 Å². The molecule has 5 nitrogen and oxygen atoms in total. The van der Waals surface area contributed by atoms with Crippen LogP contribution >= 0.6 is 0 Å². The van der Waals surface area contributed by atoms with Gasteiger partial charge in [0.25, 0.3) is 5.91 Å². The van der Waals surface area contributed by atoms with E-state index in [1.54, 1.807) is 31.2 Å². The second-order valence-corrected chi connectivity index (χ2v) is 10.6. The highest BCUT2D eigenvalue weighted by atomic mass is 32.2. The van der Waals surface area contributed by atoms with E-state index >= 15 is 0 Å². The van der Waals surface area contributed by atoms with Crippen molar-refractivity contribution in [3.8, 4) is 11.1 Å². The number of hydrogen-bond acceptors (Lipinski definition) is 4. The maximum absolute atomic E-state index is 15.0. The van der Waals surface area contributed by atoms with Gasteiger partial charge in [0, 0.05) is 19.1 Å². The van der Waals surface area contributed by atoms with Crippen LogP contribution in [-0.2, 0) is 9.84 Å². The predicted molar refractivity (Wildman–Crippen MR) is 126 cm³/mol. The normalized spacial score (nSPS) is 16.7. The van der Waals surface area contributed by atoms with E-state index < -0.39 is 15.7 Å². The van der Waals surface area contributed by atoms with Gasteiger partial charge in [0.15, 0.2) is 9.84 Å². The molecule has 1 fully saturated rings. The number of benzene rings is 2. The van der Waals surface area contributed by atoms with Gasteiger partial charge in [-0.3, -0.25) is 4.79 Å². The highest BCUT2D eigenvalue weighted by Gasteiger charge is 2.31. The Labute approximate surface area is 191 Å². The van der Waals surface area contributed by atoms with Crippen LogP contribution in [0.25, 0.3) is 11.1 Å². The van der Waals surface area contributed by atoms with Gasteiger partial charge in [0.05, 0.1) is 16.2 Å². The molecule has 32 heavy (non-hydrogen) atoms. The van der Waals surface area contributed by atoms with E-state index in [0.717, 1.165) is 38.9 Å². The van der Waals surface area contributed by atoms with Crippen LogP contribution in [0.2, 0.25) is 0 Å². The first kappa shape index (κ1) is 24.4. The average molecular weight is 461 g/mol. The first-order valence-electron chi connectivity index (χ1n) is 11.5. The minimum absolute atomic E-state index is 0.0315. The van der Waals surface area contributed by atoms with Crippen molar-refractivity contribution in [1.82, 2.24) is 9.80 Å². The van der Waals surface area contributed by atoms with Gasteiger partial charge < -0.3 is 9.80 Å². The third-order valence-electron chi connectivity index (χ3n) is 6.22. The van der Waals surface area contributed by atoms with Crippen molar-refractivity contribution < 1.29 is 17.6 Å². The second-order valence-electron chi connectivity index (χ2n) is 8.31. The van der Waals surface area contributed by atoms with Crippen molar-refractivity contribution in [2.75, 3.05) is 31.9 Å². The molecule has 3 rings (SSSR count). The number of amides is 1. The summed E-state index contributed by atoms with van der Waals surface area (Å²) in [6.45, 7) is 9.28. The van der Waals surface area contributed by atoms with Gasteiger partial charge in [-0.25, -0.2) is 12.8 Å². The van der Waals surface area contributed by atoms with Crippen LogP contribution in [0.15, 0.2) is 47.4 Å². The summed E-state index contributed by atoms with van der Waals surface area (Å²) in [5, 5.41) is 0. The monoisotopic (exact) mass is 460 g/mol. The van der Waals surface area contributed by atoms with Crippen LogP contribution in [0, 0.1) is 5.82 Å². The summed E-state index contributed by atoms with van der Waals surface area (Å²) in [6, 6.07) is 11.2. The molecule has 0 aromatic heterocycles. The Kier molecular flexibility index (Phi) is 8.06. The summed E-state index contributed by atoms with van der Waals surface area (Å²) in [5.41, 5.74) is 1.40. The molecular formula is C25H33FN2O3S. The number of rotatable bonds is 9. The van der Waals surface area contributed by atoms with E-state index in [9.17, 15) is 17.6 Å². The largest absolute Gasteiger partial charge is 0.334 e. The number of hydrogen-bond donors (Lipinski definition) is 0. The predicted octanol–water partition coefficient (Wildman–Crippen LogP) is 4.62. The Bertz CT molecular complexity index is 1040. The fraction of sp³-hybridized carbons (Fsp3) is 0.480. The molecule has 0 N–H and O–H groups in total. The van der Waals surface area contributed by atoms with E-state index in [-0.39, 0.29) is 28.2 Å². The van der Waals surface area contributed by atoms with E-state index in [1.165, 1.54) is 18.2 Å². The van der Waals surface area contributed by atoms with Gasteiger partial charge in [-0.1, -0.05) is 39.0 Å². The number of likely N-dealkylation sites (N-methyl/N-ethyl adjacent to an activating group) is 1. The minimum atomic E-state index is -3.28. The highest BCUT2D eigenvalue weighted by molar-refractivity contribution is 7.91. The van der Waals surface area contributed by atoms with Gasteiger partial charge in [-0.2, -0.15) is 0 Å². The summed E-state index contributed by atoms with van der Waals surface area (Å²) in [6.07, 6.45) is 2.95. The van der Waals surface area contributed by atoms with Crippen LogP contribution in [0.4, 0.5) is 4.39 Å². The molecular weight excluding hydrogens is 427 g/mol. The number of halogens is 1. The molecule has 1 aliphatic heterocycles. The molecule has 1 unspecified atom stereocenters. The van der Waals surface area contributed by atoms with Crippen molar-refractivity contribution in [3.63, 3.8) is 0 Å². The topological polar surface area (TPSA) is 57.7 Å². The molecule has 2 aromatic rings. The first-order valence-corrected chi connectivity index (χ1v) is 13.1. The fourth-order valence-corrected chi connectivity index (χ4v) is 5.21. The number of likely N-dealkylation sites (tertiary alicyclic amines) is 1. The summed E-state index contributed by atoms with van der Waals surface area (Å²) in [5.74, 6) is -0.776. The van der Waals surface area contributed by atoms with E-state index in [0.29, 0.717) is 17.7 Å². The van der Waals surface area contributed by atoms with E-state index in [2.05, 4.69) is 18.7 Å². The number of carbonyl (C=O) groups is 1. The Morgan fingerprint density at radius 2 is 1.78 bits per heavy atom. The summed E-state index contributed by atoms with van der Waals surface area (Å²) < 4.78 is 39.0. The third-order valence-corrected chi connectivity index (χ3v) is 7.97. The molecule has 0 radical (unpaired) electrons. The summed E-state index contributed by atoms with van der Waals surface area (Å²) in [4.78, 5) is 17.6. The number of carbonyl (C=O) groups excluding carboxylic acids is 1. The van der Waals surface area contributed by atoms with Crippen LogP contribution < -0.4 is 0 Å². The Hall–Kier alpha value is -2.25. The molecule has 1 saturated heterocycles. The highest BCUT2D eigenvalue weighted by Crippen LogP contribution is 2.27. The van der Waals surface area contributed by atoms with Crippen molar-refractivity contribution in [3.05, 3.63) is 53.8 Å². The summed E-state index contributed by atoms with van der Waals surface area (Å²) >= 11 is 0. The molecule has 0 bridgehead atoms. The van der Waals surface area contributed by atoms with E-state index in [1.807, 2.05) is 4.90 Å². The Balaban J connectivity index is 1.78. The van der Waals surface area contributed by atoms with Crippen LogP contribution in [-0.4, -0.2) is 62.1 Å². The third kappa shape index (κ3) is 5.38. The van der Waals surface area contributed by atoms with Crippen LogP contribution in [0.3, 0.4) is 0 Å². The smallest absolute Gasteiger partial charge is 0.257 e. The second kappa shape index (κ2) is 10.6. The maximum Gasteiger partial charge on any atom is 0.257 e. The summed E-state index contributed by atoms with van der Waals surface area (Å²) in [7, 11) is -3.28. The molecule has 1 atom stereocenters. The lowest BCUT2D eigenvalue weighted by Gasteiger charge is -2.30. The molecule has 0 saturated carbocycles. The standard InChI is InChI=1S/C25H33FN2O3S/c1-4-15-27(5-2)18-21-8-7-16-28(21)25(29)23-14-11-20(17-24(23)26)19-9-12-22(13-10-19)32(30,31)6-3/h9-14,17,21H,4-8,15-16,18H2,1-3H3. The van der Waals surface area contributed by atoms with Gasteiger partial charge in [-0.15, -0.1) is 0 Å². The van der Waals surface area contributed by atoms with Gasteiger partial charge in [0.1, 0.15) is 5.82 Å². The van der Waals surface area contributed by atoms with Crippen molar-refractivity contribution in [2.45, 2.75) is 51.0 Å². The maximum atomic E-state index is 15.0. The lowest BCUT2D eigenvalue weighted by molar-refractivity contribution is 0.0697. The molecule has 1 amide bonds. The first-order chi connectivity index (χ1) is 15.3. The van der Waals surface area contributed by atoms with Gasteiger partial charge in [0.2, 0.25) is 0 Å². The van der Waals surface area contributed by atoms with Crippen molar-refractivity contribution in [2.24, 2.45) is 0 Å². The molecule has 174 valence electrons. The zero-order chi connectivity index (χ0) is 23.3. The average Bonchev–Trinajstić information content (AvgIpc) is 3.26. The quantitative estimate of drug-likeness (QED) is 0.548. The molecule has 2 aromatic carbocycles.